The van der Waals surface area contributed by atoms with Crippen molar-refractivity contribution in [1.29, 1.82) is 0 Å². The van der Waals surface area contributed by atoms with Crippen LogP contribution in [0.5, 0.6) is 0 Å². The maximum atomic E-state index is 12.3. The Balaban J connectivity index is 2.92. The van der Waals surface area contributed by atoms with Crippen molar-refractivity contribution in [3.63, 3.8) is 0 Å². The summed E-state index contributed by atoms with van der Waals surface area (Å²) in [7, 11) is 0. The molecule has 164 valence electrons. The molecule has 0 amide bonds. The van der Waals surface area contributed by atoms with Gasteiger partial charge in [-0.3, -0.25) is 9.59 Å². The average molecular weight is 405 g/mol. The molecule has 1 aliphatic rings. The van der Waals surface area contributed by atoms with E-state index in [1.54, 1.807) is 41.5 Å². The van der Waals surface area contributed by atoms with E-state index in [2.05, 4.69) is 0 Å². The van der Waals surface area contributed by atoms with Crippen molar-refractivity contribution >= 4 is 11.9 Å². The standard InChI is InChI=1S/C20H36O8/c1-8-9-10-25-16-14(22)15(28-18(24)20(5,6)7)13(21)12(27-16)11-26-17(23)19(2,3)4/h12-16,21-22H,8-11H2,1-7H3. The molecule has 0 aromatic carbocycles. The van der Waals surface area contributed by atoms with E-state index >= 15 is 0 Å². The van der Waals surface area contributed by atoms with E-state index < -0.39 is 53.5 Å². The molecule has 0 bridgehead atoms. The molecule has 1 saturated heterocycles. The van der Waals surface area contributed by atoms with Crippen LogP contribution in [0.15, 0.2) is 0 Å². The van der Waals surface area contributed by atoms with Crippen LogP contribution in [0.3, 0.4) is 0 Å². The summed E-state index contributed by atoms with van der Waals surface area (Å²) >= 11 is 0. The molecule has 0 aromatic rings. The first-order chi connectivity index (χ1) is 12.8. The molecule has 1 rings (SSSR count). The van der Waals surface area contributed by atoms with Crippen molar-refractivity contribution in [1.82, 2.24) is 0 Å². The molecule has 5 unspecified atom stereocenters. The van der Waals surface area contributed by atoms with Gasteiger partial charge in [-0.25, -0.2) is 0 Å². The molecule has 8 heteroatoms. The topological polar surface area (TPSA) is 112 Å². The van der Waals surface area contributed by atoms with E-state index in [0.717, 1.165) is 12.8 Å². The molecule has 28 heavy (non-hydrogen) atoms. The highest BCUT2D eigenvalue weighted by Gasteiger charge is 2.48. The van der Waals surface area contributed by atoms with Gasteiger partial charge in [0.2, 0.25) is 0 Å². The molecule has 0 aromatic heterocycles. The van der Waals surface area contributed by atoms with Crippen LogP contribution in [0.1, 0.15) is 61.3 Å². The lowest BCUT2D eigenvalue weighted by Crippen LogP contribution is -2.61. The number of carbonyl (C=O) groups excluding carboxylic acids is 2. The summed E-state index contributed by atoms with van der Waals surface area (Å²) in [6.45, 7) is 12.2. The number of rotatable bonds is 7. The minimum atomic E-state index is -1.37. The first-order valence-corrected chi connectivity index (χ1v) is 9.80. The second-order valence-corrected chi connectivity index (χ2v) is 9.22. The highest BCUT2D eigenvalue weighted by molar-refractivity contribution is 5.76. The van der Waals surface area contributed by atoms with Gasteiger partial charge in [0, 0.05) is 6.61 Å². The van der Waals surface area contributed by atoms with Crippen molar-refractivity contribution in [3.05, 3.63) is 0 Å². The summed E-state index contributed by atoms with van der Waals surface area (Å²) in [6.07, 6.45) is -4.46. The number of ether oxygens (including phenoxy) is 4. The van der Waals surface area contributed by atoms with Crippen molar-refractivity contribution in [2.45, 2.75) is 92.0 Å². The minimum Gasteiger partial charge on any atom is -0.462 e. The van der Waals surface area contributed by atoms with Crippen LogP contribution < -0.4 is 0 Å². The van der Waals surface area contributed by atoms with Gasteiger partial charge in [0.15, 0.2) is 12.4 Å². The predicted octanol–water partition coefficient (Wildman–Crippen LogP) is 1.80. The third-order valence-electron chi connectivity index (χ3n) is 4.27. The van der Waals surface area contributed by atoms with Gasteiger partial charge in [-0.15, -0.1) is 0 Å². The molecule has 1 aliphatic heterocycles. The quantitative estimate of drug-likeness (QED) is 0.488. The lowest BCUT2D eigenvalue weighted by molar-refractivity contribution is -0.305. The zero-order valence-corrected chi connectivity index (χ0v) is 18.1. The third-order valence-corrected chi connectivity index (χ3v) is 4.27. The van der Waals surface area contributed by atoms with Crippen LogP contribution in [-0.2, 0) is 28.5 Å². The highest BCUT2D eigenvalue weighted by atomic mass is 16.7. The maximum absolute atomic E-state index is 12.3. The van der Waals surface area contributed by atoms with E-state index in [1.165, 1.54) is 0 Å². The Hall–Kier alpha value is -1.22. The van der Waals surface area contributed by atoms with Gasteiger partial charge >= 0.3 is 11.9 Å². The first kappa shape index (κ1) is 24.8. The van der Waals surface area contributed by atoms with E-state index in [0.29, 0.717) is 6.61 Å². The third kappa shape index (κ3) is 6.99. The molecule has 8 nitrogen and oxygen atoms in total. The Morgan fingerprint density at radius 3 is 2.04 bits per heavy atom. The summed E-state index contributed by atoms with van der Waals surface area (Å²) in [6, 6.07) is 0. The van der Waals surface area contributed by atoms with Crippen LogP contribution in [0.2, 0.25) is 0 Å². The zero-order chi connectivity index (χ0) is 21.7. The highest BCUT2D eigenvalue weighted by Crippen LogP contribution is 2.28. The van der Waals surface area contributed by atoms with E-state index in [9.17, 15) is 19.8 Å². The summed E-state index contributed by atoms with van der Waals surface area (Å²) < 4.78 is 21.8. The fraction of sp³-hybridized carbons (Fsp3) is 0.900. The summed E-state index contributed by atoms with van der Waals surface area (Å²) in [5.74, 6) is -1.03. The van der Waals surface area contributed by atoms with Gasteiger partial charge in [0.1, 0.15) is 24.9 Å². The lowest BCUT2D eigenvalue weighted by Gasteiger charge is -2.42. The van der Waals surface area contributed by atoms with Crippen molar-refractivity contribution in [2.24, 2.45) is 10.8 Å². The molecule has 1 heterocycles. The number of unbranched alkanes of at least 4 members (excludes halogenated alkanes) is 1. The molecule has 2 N–H and O–H groups in total. The normalized spacial score (nSPS) is 28.7. The zero-order valence-electron chi connectivity index (χ0n) is 18.1. The lowest BCUT2D eigenvalue weighted by atomic mass is 9.95. The summed E-state index contributed by atoms with van der Waals surface area (Å²) in [5.41, 5.74) is -1.53. The minimum absolute atomic E-state index is 0.249. The number of aliphatic hydroxyl groups excluding tert-OH is 2. The van der Waals surface area contributed by atoms with Gasteiger partial charge < -0.3 is 29.2 Å². The van der Waals surface area contributed by atoms with E-state index in [-0.39, 0.29) is 6.61 Å². The Morgan fingerprint density at radius 2 is 1.54 bits per heavy atom. The largest absolute Gasteiger partial charge is 0.462 e. The molecule has 5 atom stereocenters. The van der Waals surface area contributed by atoms with Gasteiger partial charge in [-0.2, -0.15) is 0 Å². The van der Waals surface area contributed by atoms with Crippen molar-refractivity contribution in [2.75, 3.05) is 13.2 Å². The number of esters is 2. The molecule has 0 spiro atoms. The maximum Gasteiger partial charge on any atom is 0.311 e. The smallest absolute Gasteiger partial charge is 0.311 e. The number of hydrogen-bond acceptors (Lipinski definition) is 8. The second kappa shape index (κ2) is 10.0. The van der Waals surface area contributed by atoms with Crippen LogP contribution in [0.25, 0.3) is 0 Å². The molecule has 0 aliphatic carbocycles. The van der Waals surface area contributed by atoms with Crippen LogP contribution in [-0.4, -0.2) is 66.1 Å². The summed E-state index contributed by atoms with van der Waals surface area (Å²) in [4.78, 5) is 24.3. The summed E-state index contributed by atoms with van der Waals surface area (Å²) in [5, 5.41) is 21.2. The monoisotopic (exact) mass is 404 g/mol. The number of aliphatic hydroxyl groups is 2. The first-order valence-electron chi connectivity index (χ1n) is 9.80. The van der Waals surface area contributed by atoms with Gasteiger partial charge in [0.05, 0.1) is 10.8 Å². The van der Waals surface area contributed by atoms with Gasteiger partial charge in [-0.1, -0.05) is 13.3 Å². The Kier molecular flexibility index (Phi) is 8.87. The Labute approximate surface area is 167 Å². The number of carbonyl (C=O) groups is 2. The van der Waals surface area contributed by atoms with Gasteiger partial charge in [0.25, 0.3) is 0 Å². The molecule has 0 saturated carbocycles. The Bertz CT molecular complexity index is 519. The molecular weight excluding hydrogens is 368 g/mol. The van der Waals surface area contributed by atoms with Crippen LogP contribution in [0.4, 0.5) is 0 Å². The fourth-order valence-corrected chi connectivity index (χ4v) is 2.34. The van der Waals surface area contributed by atoms with Crippen molar-refractivity contribution in [3.8, 4) is 0 Å². The van der Waals surface area contributed by atoms with Crippen LogP contribution >= 0.6 is 0 Å². The van der Waals surface area contributed by atoms with E-state index in [4.69, 9.17) is 18.9 Å². The van der Waals surface area contributed by atoms with E-state index in [1.807, 2.05) is 6.92 Å². The number of hydrogen-bond donors (Lipinski definition) is 2. The van der Waals surface area contributed by atoms with Gasteiger partial charge in [-0.05, 0) is 48.0 Å². The van der Waals surface area contributed by atoms with Crippen LogP contribution in [0, 0.1) is 10.8 Å². The average Bonchev–Trinajstić information content (AvgIpc) is 2.57. The molecular formula is C20H36O8. The predicted molar refractivity (Wildman–Crippen MR) is 101 cm³/mol. The SMILES string of the molecule is CCCCOC1OC(COC(=O)C(C)(C)C)C(O)C(OC(=O)C(C)(C)C)C1O. The molecule has 1 fully saturated rings. The second-order valence-electron chi connectivity index (χ2n) is 9.22. The Morgan fingerprint density at radius 1 is 0.964 bits per heavy atom. The fourth-order valence-electron chi connectivity index (χ4n) is 2.34. The van der Waals surface area contributed by atoms with Crippen molar-refractivity contribution < 1.29 is 38.7 Å². The molecule has 0 radical (unpaired) electrons.